The molecule has 3 aromatic rings. The SMILES string of the molecule is CCC[CH2][Sn]([CH2]CCC)([CH2]CCC)[c]1ccc(S(=O)(=O)Nc2cccc3cnn(C)c23)cn1. The van der Waals surface area contributed by atoms with Crippen molar-refractivity contribution in [1.29, 1.82) is 0 Å². The molecular formula is C25H38N4O2SSn. The molecule has 0 aliphatic heterocycles. The Labute approximate surface area is 203 Å². The number of para-hydroxylation sites is 1. The second-order valence-corrected chi connectivity index (χ2v) is 23.8. The van der Waals surface area contributed by atoms with Crippen LogP contribution in [-0.2, 0) is 17.1 Å². The first-order valence-corrected chi connectivity index (χ1v) is 21.2. The van der Waals surface area contributed by atoms with E-state index in [0.29, 0.717) is 5.69 Å². The number of hydrogen-bond donors (Lipinski definition) is 1. The van der Waals surface area contributed by atoms with Crippen molar-refractivity contribution in [3.8, 4) is 0 Å². The zero-order valence-electron chi connectivity index (χ0n) is 20.5. The van der Waals surface area contributed by atoms with E-state index in [0.717, 1.165) is 10.9 Å². The van der Waals surface area contributed by atoms with Crippen LogP contribution in [0.15, 0.2) is 47.6 Å². The van der Waals surface area contributed by atoms with Crippen LogP contribution < -0.4 is 8.43 Å². The number of nitrogens with one attached hydrogen (secondary N) is 1. The molecule has 6 nitrogen and oxygen atoms in total. The van der Waals surface area contributed by atoms with Crippen molar-refractivity contribution in [3.63, 3.8) is 0 Å². The molecule has 0 aliphatic rings. The Hall–Kier alpha value is -1.61. The number of nitrogens with zero attached hydrogens (tertiary/aromatic N) is 3. The number of hydrogen-bond acceptors (Lipinski definition) is 4. The molecule has 0 fully saturated rings. The average molecular weight is 577 g/mol. The molecule has 0 aliphatic carbocycles. The number of aromatic nitrogens is 3. The van der Waals surface area contributed by atoms with E-state index in [2.05, 4.69) is 30.6 Å². The summed E-state index contributed by atoms with van der Waals surface area (Å²) in [6.07, 6.45) is 10.7. The Bertz CT molecular complexity index is 1120. The van der Waals surface area contributed by atoms with Crippen LogP contribution in [0, 0.1) is 0 Å². The predicted molar refractivity (Wildman–Crippen MR) is 140 cm³/mol. The molecule has 0 saturated heterocycles. The van der Waals surface area contributed by atoms with Crippen LogP contribution in [0.4, 0.5) is 5.69 Å². The molecule has 180 valence electrons. The van der Waals surface area contributed by atoms with E-state index in [9.17, 15) is 8.42 Å². The summed E-state index contributed by atoms with van der Waals surface area (Å²) in [6, 6.07) is 9.33. The van der Waals surface area contributed by atoms with E-state index in [1.165, 1.54) is 55.5 Å². The summed E-state index contributed by atoms with van der Waals surface area (Å²) in [4.78, 5) is 5.06. The van der Waals surface area contributed by atoms with E-state index >= 15 is 0 Å². The van der Waals surface area contributed by atoms with Crippen LogP contribution in [0.2, 0.25) is 13.3 Å². The van der Waals surface area contributed by atoms with Gasteiger partial charge in [0.25, 0.3) is 0 Å². The van der Waals surface area contributed by atoms with Gasteiger partial charge in [-0.2, -0.15) is 0 Å². The number of unbranched alkanes of at least 4 members (excludes halogenated alkanes) is 3. The van der Waals surface area contributed by atoms with Crippen LogP contribution in [0.3, 0.4) is 0 Å². The number of benzene rings is 1. The molecule has 1 aromatic carbocycles. The summed E-state index contributed by atoms with van der Waals surface area (Å²) in [5.41, 5.74) is 1.29. The first-order valence-electron chi connectivity index (χ1n) is 12.3. The fraction of sp³-hybridized carbons (Fsp3) is 0.520. The topological polar surface area (TPSA) is 76.9 Å². The van der Waals surface area contributed by atoms with Gasteiger partial charge in [0.1, 0.15) is 0 Å². The van der Waals surface area contributed by atoms with Crippen molar-refractivity contribution in [3.05, 3.63) is 42.7 Å². The summed E-state index contributed by atoms with van der Waals surface area (Å²) in [7, 11) is -1.93. The number of rotatable bonds is 13. The van der Waals surface area contributed by atoms with Crippen LogP contribution in [-0.4, -0.2) is 41.6 Å². The van der Waals surface area contributed by atoms with Crippen LogP contribution in [0.1, 0.15) is 59.3 Å². The molecule has 1 N–H and O–H groups in total. The third-order valence-corrected chi connectivity index (χ3v) is 23.1. The van der Waals surface area contributed by atoms with Crippen LogP contribution >= 0.6 is 0 Å². The molecule has 0 amide bonds. The van der Waals surface area contributed by atoms with Crippen molar-refractivity contribution >= 4 is 48.7 Å². The summed E-state index contributed by atoms with van der Waals surface area (Å²) in [6.45, 7) is 6.77. The zero-order valence-corrected chi connectivity index (χ0v) is 24.1. The summed E-state index contributed by atoms with van der Waals surface area (Å²) >= 11 is -2.68. The molecule has 0 saturated carbocycles. The molecule has 2 aromatic heterocycles. The van der Waals surface area contributed by atoms with Gasteiger partial charge < -0.3 is 0 Å². The van der Waals surface area contributed by atoms with E-state index in [1.807, 2.05) is 25.2 Å². The average Bonchev–Trinajstić information content (AvgIpc) is 3.20. The Kier molecular flexibility index (Phi) is 9.21. The normalized spacial score (nSPS) is 12.4. The van der Waals surface area contributed by atoms with Gasteiger partial charge in [-0.25, -0.2) is 0 Å². The molecule has 3 rings (SSSR count). The molecule has 8 heteroatoms. The number of aryl methyl sites for hydroxylation is 1. The van der Waals surface area contributed by atoms with Gasteiger partial charge in [0.05, 0.1) is 0 Å². The van der Waals surface area contributed by atoms with E-state index in [1.54, 1.807) is 29.2 Å². The van der Waals surface area contributed by atoms with Gasteiger partial charge in [-0.05, 0) is 0 Å². The van der Waals surface area contributed by atoms with Gasteiger partial charge in [-0.15, -0.1) is 0 Å². The van der Waals surface area contributed by atoms with Gasteiger partial charge >= 0.3 is 204 Å². The molecule has 33 heavy (non-hydrogen) atoms. The predicted octanol–water partition coefficient (Wildman–Crippen LogP) is 5.83. The summed E-state index contributed by atoms with van der Waals surface area (Å²) in [5.74, 6) is 0. The standard InChI is InChI=1S/C13H11N4O2S.3C4H9.Sn/c1-17-13-10(8-15-17)4-2-6-12(13)16-20(18,19)11-5-3-7-14-9-11;3*1-3-4-2;/h2-6,8-9,16H,1H3;3*1,3-4H2,2H3;. The number of pyridine rings is 1. The van der Waals surface area contributed by atoms with Gasteiger partial charge in [0.2, 0.25) is 0 Å². The number of anilines is 1. The Morgan fingerprint density at radius 1 is 0.909 bits per heavy atom. The Morgan fingerprint density at radius 3 is 2.09 bits per heavy atom. The monoisotopic (exact) mass is 578 g/mol. The summed E-state index contributed by atoms with van der Waals surface area (Å²) < 4.78 is 36.0. The Balaban J connectivity index is 1.91. The molecule has 2 heterocycles. The first-order chi connectivity index (χ1) is 15.9. The number of fused-ring (bicyclic) bond motifs is 1. The third kappa shape index (κ3) is 6.10. The van der Waals surface area contributed by atoms with E-state index in [-0.39, 0.29) is 4.90 Å². The van der Waals surface area contributed by atoms with Gasteiger partial charge in [-0.3, -0.25) is 0 Å². The second kappa shape index (κ2) is 11.7. The van der Waals surface area contributed by atoms with Crippen molar-refractivity contribution < 1.29 is 8.42 Å². The van der Waals surface area contributed by atoms with Gasteiger partial charge in [0.15, 0.2) is 0 Å². The van der Waals surface area contributed by atoms with Crippen molar-refractivity contribution in [2.24, 2.45) is 7.05 Å². The van der Waals surface area contributed by atoms with Crippen molar-refractivity contribution in [2.75, 3.05) is 4.72 Å². The first kappa shape index (κ1) is 26.0. The van der Waals surface area contributed by atoms with Crippen molar-refractivity contribution in [1.82, 2.24) is 14.8 Å². The molecule has 0 unspecified atom stereocenters. The minimum atomic E-state index is -3.74. The summed E-state index contributed by atoms with van der Waals surface area (Å²) in [5, 5.41) is 5.14. The fourth-order valence-corrected chi connectivity index (χ4v) is 21.1. The maximum atomic E-state index is 13.2. The van der Waals surface area contributed by atoms with E-state index in [4.69, 9.17) is 4.98 Å². The minimum absolute atomic E-state index is 0.215. The molecule has 0 atom stereocenters. The maximum absolute atomic E-state index is 13.2. The van der Waals surface area contributed by atoms with Crippen LogP contribution in [0.5, 0.6) is 0 Å². The van der Waals surface area contributed by atoms with E-state index < -0.39 is 28.4 Å². The molecule has 0 spiro atoms. The third-order valence-electron chi connectivity index (χ3n) is 6.62. The molecule has 0 bridgehead atoms. The number of sulfonamides is 1. The molecular weight excluding hydrogens is 539 g/mol. The van der Waals surface area contributed by atoms with Crippen molar-refractivity contribution in [2.45, 2.75) is 77.5 Å². The Morgan fingerprint density at radius 2 is 1.55 bits per heavy atom. The molecule has 0 radical (unpaired) electrons. The quantitative estimate of drug-likeness (QED) is 0.260. The fourth-order valence-electron chi connectivity index (χ4n) is 4.68. The zero-order chi connectivity index (χ0) is 23.9. The van der Waals surface area contributed by atoms with Gasteiger partial charge in [-0.1, -0.05) is 0 Å². The van der Waals surface area contributed by atoms with Gasteiger partial charge in [0, 0.05) is 0 Å². The second-order valence-electron chi connectivity index (χ2n) is 9.09. The van der Waals surface area contributed by atoms with Crippen LogP contribution in [0.25, 0.3) is 10.9 Å².